The molecular formula is C25H41N3O5Si. The number of ether oxygens (including phenoxy) is 1. The number of aromatic hydroxyl groups is 1. The summed E-state index contributed by atoms with van der Waals surface area (Å²) in [5.41, 5.74) is 5.93. The Kier molecular flexibility index (Phi) is 8.61. The van der Waals surface area contributed by atoms with E-state index in [-0.39, 0.29) is 22.9 Å². The van der Waals surface area contributed by atoms with Crippen LogP contribution in [0, 0.1) is 0 Å². The zero-order valence-electron chi connectivity index (χ0n) is 21.8. The van der Waals surface area contributed by atoms with Gasteiger partial charge in [-0.2, -0.15) is 0 Å². The second-order valence-corrected chi connectivity index (χ2v) is 16.0. The number of phenols is 1. The van der Waals surface area contributed by atoms with Crippen LogP contribution < -0.4 is 11.3 Å². The summed E-state index contributed by atoms with van der Waals surface area (Å²) in [4.78, 5) is 29.4. The van der Waals surface area contributed by atoms with Crippen LogP contribution in [0.1, 0.15) is 59.6 Å². The maximum absolute atomic E-state index is 13.1. The normalized spacial score (nSPS) is 13.7. The Morgan fingerprint density at radius 3 is 2.35 bits per heavy atom. The molecule has 0 radical (unpaired) electrons. The third-order valence-electron chi connectivity index (χ3n) is 6.17. The molecule has 1 aromatic carbocycles. The molecule has 190 valence electrons. The van der Waals surface area contributed by atoms with Gasteiger partial charge >= 0.3 is 6.09 Å². The van der Waals surface area contributed by atoms with E-state index in [0.717, 1.165) is 5.56 Å². The number of H-pyrrole nitrogens is 1. The fourth-order valence-electron chi connectivity index (χ4n) is 3.34. The van der Waals surface area contributed by atoms with Crippen LogP contribution in [0.25, 0.3) is 10.9 Å². The lowest BCUT2D eigenvalue weighted by atomic mass is 10.0. The first kappa shape index (κ1) is 27.9. The van der Waals surface area contributed by atoms with Crippen LogP contribution in [0.4, 0.5) is 4.79 Å². The number of fused-ring (bicyclic) bond motifs is 1. The van der Waals surface area contributed by atoms with Crippen molar-refractivity contribution in [1.82, 2.24) is 9.88 Å². The molecule has 1 atom stereocenters. The summed E-state index contributed by atoms with van der Waals surface area (Å²) in [5, 5.41) is 11.0. The minimum atomic E-state index is -2.28. The molecule has 0 saturated heterocycles. The number of nitrogens with zero attached hydrogens (tertiary/aromatic N) is 1. The molecule has 0 saturated carbocycles. The van der Waals surface area contributed by atoms with E-state index in [4.69, 9.17) is 14.9 Å². The highest BCUT2D eigenvalue weighted by atomic mass is 28.4. The number of benzene rings is 1. The number of rotatable bonds is 8. The minimum Gasteiger partial charge on any atom is -0.506 e. The van der Waals surface area contributed by atoms with Crippen molar-refractivity contribution in [1.29, 1.82) is 0 Å². The highest BCUT2D eigenvalue weighted by Gasteiger charge is 2.40. The van der Waals surface area contributed by atoms with Gasteiger partial charge < -0.3 is 29.9 Å². The van der Waals surface area contributed by atoms with Crippen molar-refractivity contribution in [3.8, 4) is 5.75 Å². The summed E-state index contributed by atoms with van der Waals surface area (Å²) in [5.74, 6) is -0.0188. The van der Waals surface area contributed by atoms with Crippen LogP contribution in [0.3, 0.4) is 0 Å². The van der Waals surface area contributed by atoms with E-state index in [1.807, 2.05) is 20.8 Å². The minimum absolute atomic E-state index is 0.0188. The summed E-state index contributed by atoms with van der Waals surface area (Å²) in [7, 11) is -2.28. The van der Waals surface area contributed by atoms with Gasteiger partial charge in [0.2, 0.25) is 5.56 Å². The molecule has 9 heteroatoms. The van der Waals surface area contributed by atoms with Gasteiger partial charge in [0.15, 0.2) is 8.32 Å². The summed E-state index contributed by atoms with van der Waals surface area (Å²) in [6.07, 6.45) is -0.308. The molecule has 1 heterocycles. The Hall–Kier alpha value is -2.36. The Labute approximate surface area is 203 Å². The predicted octanol–water partition coefficient (Wildman–Crippen LogP) is 4.88. The van der Waals surface area contributed by atoms with E-state index in [9.17, 15) is 14.7 Å². The molecule has 34 heavy (non-hydrogen) atoms. The quantitative estimate of drug-likeness (QED) is 0.453. The summed E-state index contributed by atoms with van der Waals surface area (Å²) < 4.78 is 12.5. The molecule has 0 spiro atoms. The van der Waals surface area contributed by atoms with Gasteiger partial charge in [-0.3, -0.25) is 4.79 Å². The number of hydrogen-bond donors (Lipinski definition) is 3. The van der Waals surface area contributed by atoms with Crippen molar-refractivity contribution in [2.75, 3.05) is 19.6 Å². The average molecular weight is 492 g/mol. The highest BCUT2D eigenvalue weighted by Crippen LogP contribution is 2.41. The zero-order chi connectivity index (χ0) is 25.9. The third kappa shape index (κ3) is 7.07. The smallest absolute Gasteiger partial charge is 0.410 e. The van der Waals surface area contributed by atoms with Crippen LogP contribution in [0.15, 0.2) is 29.1 Å². The molecule has 0 aliphatic heterocycles. The van der Waals surface area contributed by atoms with Gasteiger partial charge in [0.25, 0.3) is 0 Å². The van der Waals surface area contributed by atoms with Crippen LogP contribution in [-0.4, -0.2) is 54.6 Å². The maximum Gasteiger partial charge on any atom is 0.410 e. The van der Waals surface area contributed by atoms with E-state index in [0.29, 0.717) is 30.4 Å². The summed E-state index contributed by atoms with van der Waals surface area (Å²) in [6, 6.07) is 6.45. The van der Waals surface area contributed by atoms with Crippen molar-refractivity contribution in [3.63, 3.8) is 0 Å². The van der Waals surface area contributed by atoms with Crippen molar-refractivity contribution in [3.05, 3.63) is 40.2 Å². The number of phenolic OH excluding ortho intramolecular Hbond substituents is 1. The van der Waals surface area contributed by atoms with Gasteiger partial charge in [-0.15, -0.1) is 0 Å². The van der Waals surface area contributed by atoms with Crippen molar-refractivity contribution in [2.24, 2.45) is 5.73 Å². The van der Waals surface area contributed by atoms with Gasteiger partial charge in [0.05, 0.1) is 18.2 Å². The molecule has 0 fully saturated rings. The molecule has 0 aliphatic carbocycles. The number of carbonyl (C=O) groups excluding carboxylic acids is 1. The van der Waals surface area contributed by atoms with E-state index in [1.165, 1.54) is 6.07 Å². The largest absolute Gasteiger partial charge is 0.506 e. The number of hydrogen-bond acceptors (Lipinski definition) is 6. The molecule has 2 rings (SSSR count). The van der Waals surface area contributed by atoms with Crippen molar-refractivity contribution in [2.45, 2.75) is 77.8 Å². The highest BCUT2D eigenvalue weighted by molar-refractivity contribution is 6.74. The lowest BCUT2D eigenvalue weighted by Gasteiger charge is -2.41. The van der Waals surface area contributed by atoms with Crippen LogP contribution in [0.2, 0.25) is 18.1 Å². The molecule has 0 aliphatic rings. The maximum atomic E-state index is 13.1. The van der Waals surface area contributed by atoms with Gasteiger partial charge in [0, 0.05) is 18.0 Å². The molecule has 1 amide bonds. The number of amides is 1. The fourth-order valence-corrected chi connectivity index (χ4v) is 4.60. The molecule has 1 aromatic heterocycles. The van der Waals surface area contributed by atoms with E-state index >= 15 is 0 Å². The topological polar surface area (TPSA) is 118 Å². The van der Waals surface area contributed by atoms with Gasteiger partial charge in [-0.05, 0) is 69.6 Å². The number of nitrogens with two attached hydrogens (primary N) is 1. The molecule has 1 unspecified atom stereocenters. The van der Waals surface area contributed by atoms with Gasteiger partial charge in [-0.25, -0.2) is 4.79 Å². The van der Waals surface area contributed by atoms with Gasteiger partial charge in [-0.1, -0.05) is 26.8 Å². The number of nitrogens with one attached hydrogen (secondary N) is 1. The SMILES string of the molecule is CC(C)(C)OC(=O)N(CCCN)CC(O[Si](C)(C)C(C)(C)C)c1ccc(O)c2[nH]c(=O)ccc12. The Morgan fingerprint density at radius 1 is 1.15 bits per heavy atom. The fraction of sp³-hybridized carbons (Fsp3) is 0.600. The van der Waals surface area contributed by atoms with Crippen LogP contribution >= 0.6 is 0 Å². The summed E-state index contributed by atoms with van der Waals surface area (Å²) in [6.45, 7) is 17.4. The number of pyridine rings is 1. The zero-order valence-corrected chi connectivity index (χ0v) is 22.8. The van der Waals surface area contributed by atoms with Crippen molar-refractivity contribution >= 4 is 25.3 Å². The second-order valence-electron chi connectivity index (χ2n) is 11.2. The van der Waals surface area contributed by atoms with Crippen LogP contribution in [0.5, 0.6) is 5.75 Å². The molecule has 4 N–H and O–H groups in total. The van der Waals surface area contributed by atoms with Crippen molar-refractivity contribution < 1.29 is 19.1 Å². The predicted molar refractivity (Wildman–Crippen MR) is 139 cm³/mol. The third-order valence-corrected chi connectivity index (χ3v) is 10.7. The monoisotopic (exact) mass is 491 g/mol. The molecule has 0 bridgehead atoms. The average Bonchev–Trinajstić information content (AvgIpc) is 2.68. The summed E-state index contributed by atoms with van der Waals surface area (Å²) >= 11 is 0. The van der Waals surface area contributed by atoms with E-state index < -0.39 is 26.1 Å². The Morgan fingerprint density at radius 2 is 1.79 bits per heavy atom. The van der Waals surface area contributed by atoms with E-state index in [1.54, 1.807) is 23.1 Å². The first-order chi connectivity index (χ1) is 15.6. The standard InChI is InChI=1S/C25H41N3O5Si/c1-24(2,3)32-23(31)28(15-9-14-26)16-20(33-34(7,8)25(4,5)6)17-10-12-19(29)22-18(17)11-13-21(30)27-22/h10-13,20,29H,9,14-16,26H2,1-8H3,(H,27,30). The first-order valence-corrected chi connectivity index (χ1v) is 14.7. The number of carbonyl (C=O) groups is 1. The lowest BCUT2D eigenvalue weighted by molar-refractivity contribution is 0.0156. The lowest BCUT2D eigenvalue weighted by Crippen LogP contribution is -2.46. The Bertz CT molecular complexity index is 1050. The number of aromatic nitrogens is 1. The first-order valence-electron chi connectivity index (χ1n) is 11.8. The molecular weight excluding hydrogens is 450 g/mol. The second kappa shape index (κ2) is 10.5. The Balaban J connectivity index is 2.60. The van der Waals surface area contributed by atoms with E-state index in [2.05, 4.69) is 38.8 Å². The molecule has 8 nitrogen and oxygen atoms in total. The van der Waals surface area contributed by atoms with Gasteiger partial charge in [0.1, 0.15) is 11.4 Å². The number of aromatic amines is 1. The molecule has 2 aromatic rings. The van der Waals surface area contributed by atoms with Crippen LogP contribution in [-0.2, 0) is 9.16 Å².